The van der Waals surface area contributed by atoms with Crippen LogP contribution in [0.2, 0.25) is 0 Å². The number of aromatic nitrogens is 3. The van der Waals surface area contributed by atoms with E-state index in [1.807, 2.05) is 0 Å². The molecule has 0 aliphatic carbocycles. The van der Waals surface area contributed by atoms with Crippen molar-refractivity contribution < 1.29 is 0 Å². The highest BCUT2D eigenvalue weighted by atomic mass is 16.2. The standard InChI is InChI=1S/C7H9N3O2/c1-4-7(2,3)10-5(11)8-9-6(10)12/h1H,2-3H3,(H,8,11)(H,9,12). The molecule has 5 nitrogen and oxygen atoms in total. The normalized spacial score (nSPS) is 11.1. The fraction of sp³-hybridized carbons (Fsp3) is 0.429. The van der Waals surface area contributed by atoms with Crippen molar-refractivity contribution in [3.63, 3.8) is 0 Å². The molecule has 0 atom stereocenters. The van der Waals surface area contributed by atoms with E-state index in [1.165, 1.54) is 0 Å². The van der Waals surface area contributed by atoms with Gasteiger partial charge in [0, 0.05) is 0 Å². The van der Waals surface area contributed by atoms with E-state index in [9.17, 15) is 9.59 Å². The Labute approximate surface area is 68.4 Å². The number of nitrogens with one attached hydrogen (secondary N) is 2. The van der Waals surface area contributed by atoms with Crippen molar-refractivity contribution in [2.75, 3.05) is 0 Å². The minimum absolute atomic E-state index is 0.525. The molecule has 1 rings (SSSR count). The summed E-state index contributed by atoms with van der Waals surface area (Å²) in [5, 5.41) is 4.30. The monoisotopic (exact) mass is 167 g/mol. The van der Waals surface area contributed by atoms with Crippen LogP contribution in [0.3, 0.4) is 0 Å². The average molecular weight is 167 g/mol. The first kappa shape index (κ1) is 8.40. The zero-order chi connectivity index (χ0) is 9.35. The lowest BCUT2D eigenvalue weighted by Crippen LogP contribution is -2.40. The van der Waals surface area contributed by atoms with E-state index < -0.39 is 16.9 Å². The maximum Gasteiger partial charge on any atom is 0.345 e. The number of hydrogen-bond donors (Lipinski definition) is 2. The van der Waals surface area contributed by atoms with Gasteiger partial charge in [0.2, 0.25) is 0 Å². The van der Waals surface area contributed by atoms with Gasteiger partial charge in [-0.05, 0) is 13.8 Å². The van der Waals surface area contributed by atoms with Gasteiger partial charge in [0.25, 0.3) is 0 Å². The molecule has 0 saturated carbocycles. The molecular weight excluding hydrogens is 158 g/mol. The summed E-state index contributed by atoms with van der Waals surface area (Å²) in [5.41, 5.74) is -1.95. The average Bonchev–Trinajstić information content (AvgIpc) is 2.31. The first-order valence-corrected chi connectivity index (χ1v) is 3.37. The topological polar surface area (TPSA) is 70.7 Å². The van der Waals surface area contributed by atoms with Crippen molar-refractivity contribution >= 4 is 0 Å². The quantitative estimate of drug-likeness (QED) is 0.539. The third kappa shape index (κ3) is 1.07. The molecule has 1 aromatic heterocycles. The third-order valence-electron chi connectivity index (χ3n) is 1.59. The van der Waals surface area contributed by atoms with Crippen LogP contribution in [0, 0.1) is 12.3 Å². The Kier molecular flexibility index (Phi) is 1.69. The van der Waals surface area contributed by atoms with Crippen LogP contribution in [0.5, 0.6) is 0 Å². The van der Waals surface area contributed by atoms with Gasteiger partial charge < -0.3 is 0 Å². The van der Waals surface area contributed by atoms with Crippen molar-refractivity contribution in [2.45, 2.75) is 19.4 Å². The predicted octanol–water partition coefficient (Wildman–Crippen LogP) is -0.767. The number of hydrogen-bond acceptors (Lipinski definition) is 2. The molecule has 0 aromatic carbocycles. The molecule has 0 bridgehead atoms. The third-order valence-corrected chi connectivity index (χ3v) is 1.59. The highest BCUT2D eigenvalue weighted by Gasteiger charge is 2.21. The molecule has 12 heavy (non-hydrogen) atoms. The summed E-state index contributed by atoms with van der Waals surface area (Å²) in [7, 11) is 0. The van der Waals surface area contributed by atoms with Crippen LogP contribution < -0.4 is 11.4 Å². The van der Waals surface area contributed by atoms with Crippen LogP contribution in [-0.4, -0.2) is 14.8 Å². The second-order valence-corrected chi connectivity index (χ2v) is 2.90. The SMILES string of the molecule is C#CC(C)(C)n1c(=O)[nH][nH]c1=O. The van der Waals surface area contributed by atoms with Crippen molar-refractivity contribution in [3.8, 4) is 12.3 Å². The summed E-state index contributed by atoms with van der Waals surface area (Å²) in [5.74, 6) is 2.35. The summed E-state index contributed by atoms with van der Waals surface area (Å²) in [6.45, 7) is 3.22. The Bertz CT molecular complexity index is 399. The summed E-state index contributed by atoms with van der Waals surface area (Å²) in [4.78, 5) is 22.1. The molecule has 0 aliphatic heterocycles. The summed E-state index contributed by atoms with van der Waals surface area (Å²) < 4.78 is 0.951. The molecule has 0 unspecified atom stereocenters. The van der Waals surface area contributed by atoms with Crippen molar-refractivity contribution in [1.29, 1.82) is 0 Å². The number of rotatable bonds is 1. The van der Waals surface area contributed by atoms with Gasteiger partial charge in [0.05, 0.1) is 0 Å². The van der Waals surface area contributed by atoms with Crippen LogP contribution in [-0.2, 0) is 5.54 Å². The van der Waals surface area contributed by atoms with Gasteiger partial charge in [-0.25, -0.2) is 24.4 Å². The Morgan fingerprint density at radius 1 is 1.33 bits per heavy atom. The van der Waals surface area contributed by atoms with Crippen LogP contribution in [0.15, 0.2) is 9.59 Å². The minimum atomic E-state index is -0.898. The van der Waals surface area contributed by atoms with E-state index in [1.54, 1.807) is 13.8 Å². The van der Waals surface area contributed by atoms with Crippen molar-refractivity contribution in [2.24, 2.45) is 0 Å². The lowest BCUT2D eigenvalue weighted by molar-refractivity contribution is 0.447. The molecule has 1 heterocycles. The van der Waals surface area contributed by atoms with Gasteiger partial charge in [-0.2, -0.15) is 0 Å². The highest BCUT2D eigenvalue weighted by molar-refractivity contribution is 5.05. The van der Waals surface area contributed by atoms with Gasteiger partial charge in [-0.3, -0.25) is 0 Å². The van der Waals surface area contributed by atoms with Gasteiger partial charge in [-0.1, -0.05) is 5.92 Å². The maximum atomic E-state index is 11.0. The molecule has 0 fully saturated rings. The number of nitrogens with zero attached hydrogens (tertiary/aromatic N) is 1. The first-order valence-electron chi connectivity index (χ1n) is 3.37. The van der Waals surface area contributed by atoms with Crippen molar-refractivity contribution in [3.05, 3.63) is 21.0 Å². The van der Waals surface area contributed by atoms with Gasteiger partial charge in [-0.15, -0.1) is 6.42 Å². The van der Waals surface area contributed by atoms with Crippen LogP contribution >= 0.6 is 0 Å². The Hall–Kier alpha value is -1.70. The molecule has 0 amide bonds. The highest BCUT2D eigenvalue weighted by Crippen LogP contribution is 2.05. The molecule has 0 aliphatic rings. The lowest BCUT2D eigenvalue weighted by Gasteiger charge is -2.15. The second kappa shape index (κ2) is 2.41. The zero-order valence-electron chi connectivity index (χ0n) is 6.84. The van der Waals surface area contributed by atoms with Crippen LogP contribution in [0.25, 0.3) is 0 Å². The Balaban J connectivity index is 3.50. The molecule has 64 valence electrons. The first-order chi connectivity index (χ1) is 5.49. The largest absolute Gasteiger partial charge is 0.345 e. The van der Waals surface area contributed by atoms with E-state index in [2.05, 4.69) is 16.1 Å². The minimum Gasteiger partial charge on any atom is -0.247 e. The molecule has 5 heteroatoms. The van der Waals surface area contributed by atoms with Crippen LogP contribution in [0.4, 0.5) is 0 Å². The summed E-state index contributed by atoms with van der Waals surface area (Å²) in [6.07, 6.45) is 5.16. The smallest absolute Gasteiger partial charge is 0.247 e. The van der Waals surface area contributed by atoms with E-state index >= 15 is 0 Å². The second-order valence-electron chi connectivity index (χ2n) is 2.90. The number of terminal acetylenes is 1. The lowest BCUT2D eigenvalue weighted by atomic mass is 10.1. The van der Waals surface area contributed by atoms with E-state index in [0.29, 0.717) is 0 Å². The molecule has 0 radical (unpaired) electrons. The zero-order valence-corrected chi connectivity index (χ0v) is 6.84. The molecule has 0 spiro atoms. The van der Waals surface area contributed by atoms with Crippen LogP contribution in [0.1, 0.15) is 13.8 Å². The number of aromatic amines is 2. The fourth-order valence-corrected chi connectivity index (χ4v) is 0.883. The molecular formula is C7H9N3O2. The fourth-order valence-electron chi connectivity index (χ4n) is 0.883. The van der Waals surface area contributed by atoms with E-state index in [4.69, 9.17) is 6.42 Å². The van der Waals surface area contributed by atoms with E-state index in [-0.39, 0.29) is 0 Å². The molecule has 0 saturated heterocycles. The predicted molar refractivity (Wildman–Crippen MR) is 43.8 cm³/mol. The number of H-pyrrole nitrogens is 2. The van der Waals surface area contributed by atoms with Gasteiger partial charge >= 0.3 is 11.4 Å². The molecule has 2 N–H and O–H groups in total. The summed E-state index contributed by atoms with van der Waals surface area (Å²) >= 11 is 0. The molecule has 1 aromatic rings. The van der Waals surface area contributed by atoms with Gasteiger partial charge in [0.1, 0.15) is 5.54 Å². The Morgan fingerprint density at radius 2 is 1.75 bits per heavy atom. The maximum absolute atomic E-state index is 11.0. The van der Waals surface area contributed by atoms with Crippen molar-refractivity contribution in [1.82, 2.24) is 14.8 Å². The van der Waals surface area contributed by atoms with Gasteiger partial charge in [0.15, 0.2) is 0 Å². The summed E-state index contributed by atoms with van der Waals surface area (Å²) in [6, 6.07) is 0. The van der Waals surface area contributed by atoms with E-state index in [0.717, 1.165) is 4.57 Å². The Morgan fingerprint density at radius 3 is 2.08 bits per heavy atom.